The topological polar surface area (TPSA) is 41.3 Å². The first kappa shape index (κ1) is 11.2. The van der Waals surface area contributed by atoms with Crippen LogP contribution in [-0.2, 0) is 0 Å². The van der Waals surface area contributed by atoms with E-state index in [1.807, 2.05) is 0 Å². The fraction of sp³-hybridized carbons (Fsp3) is 1.00. The van der Waals surface area contributed by atoms with E-state index < -0.39 is 0 Å². The average Bonchev–Trinajstić information content (AvgIpc) is 2.63. The predicted molar refractivity (Wildman–Crippen MR) is 57.3 cm³/mol. The summed E-state index contributed by atoms with van der Waals surface area (Å²) in [7, 11) is 0. The first-order valence-electron chi connectivity index (χ1n) is 5.03. The summed E-state index contributed by atoms with van der Waals surface area (Å²) in [5.41, 5.74) is 5.84. The molecule has 3 nitrogen and oxygen atoms in total. The van der Waals surface area contributed by atoms with E-state index >= 15 is 0 Å². The van der Waals surface area contributed by atoms with E-state index in [0.717, 1.165) is 12.5 Å². The fourth-order valence-electron chi connectivity index (χ4n) is 2.26. The highest BCUT2D eigenvalue weighted by Gasteiger charge is 2.23. The maximum Gasteiger partial charge on any atom is 0.0180 e. The zero-order valence-corrected chi connectivity index (χ0v) is 8.85. The molecule has 2 fully saturated rings. The van der Waals surface area contributed by atoms with Gasteiger partial charge >= 0.3 is 0 Å². The highest BCUT2D eigenvalue weighted by atomic mass is 35.5. The molecular weight excluding hydrogens is 186 g/mol. The summed E-state index contributed by atoms with van der Waals surface area (Å²) in [4.78, 5) is 2.52. The van der Waals surface area contributed by atoms with Crippen LogP contribution in [0.3, 0.4) is 0 Å². The van der Waals surface area contributed by atoms with Crippen LogP contribution in [0.15, 0.2) is 0 Å². The highest BCUT2D eigenvalue weighted by molar-refractivity contribution is 5.85. The van der Waals surface area contributed by atoms with Crippen LogP contribution in [-0.4, -0.2) is 43.7 Å². The van der Waals surface area contributed by atoms with Crippen LogP contribution in [0.5, 0.6) is 0 Å². The minimum atomic E-state index is 0. The molecule has 1 unspecified atom stereocenters. The first-order valence-corrected chi connectivity index (χ1v) is 5.03. The lowest BCUT2D eigenvalue weighted by Crippen LogP contribution is -2.31. The molecule has 0 amide bonds. The van der Waals surface area contributed by atoms with Crippen molar-refractivity contribution < 1.29 is 0 Å². The lowest BCUT2D eigenvalue weighted by atomic mass is 10.1. The molecule has 0 aromatic carbocycles. The first-order chi connectivity index (χ1) is 5.84. The Morgan fingerprint density at radius 2 is 2.23 bits per heavy atom. The number of nitrogens with two attached hydrogens (primary N) is 1. The van der Waals surface area contributed by atoms with E-state index in [-0.39, 0.29) is 12.4 Å². The van der Waals surface area contributed by atoms with Gasteiger partial charge in [-0.25, -0.2) is 0 Å². The SMILES string of the molecule is Cl.N[C@H]1CCN(CC2CCNC2)C1. The molecule has 2 rings (SSSR count). The highest BCUT2D eigenvalue weighted by Crippen LogP contribution is 2.14. The van der Waals surface area contributed by atoms with E-state index in [1.54, 1.807) is 0 Å². The smallest absolute Gasteiger partial charge is 0.0180 e. The summed E-state index contributed by atoms with van der Waals surface area (Å²) >= 11 is 0. The molecule has 2 aliphatic heterocycles. The molecule has 3 N–H and O–H groups in total. The molecule has 2 aliphatic rings. The van der Waals surface area contributed by atoms with Crippen LogP contribution in [0, 0.1) is 5.92 Å². The van der Waals surface area contributed by atoms with Crippen LogP contribution in [0.25, 0.3) is 0 Å². The van der Waals surface area contributed by atoms with Crippen LogP contribution >= 0.6 is 12.4 Å². The molecule has 2 atom stereocenters. The summed E-state index contributed by atoms with van der Waals surface area (Å²) < 4.78 is 0. The number of hydrogen-bond donors (Lipinski definition) is 2. The molecule has 0 spiro atoms. The third kappa shape index (κ3) is 3.09. The maximum atomic E-state index is 5.84. The van der Waals surface area contributed by atoms with E-state index in [9.17, 15) is 0 Å². The van der Waals surface area contributed by atoms with E-state index in [2.05, 4.69) is 10.2 Å². The molecule has 2 heterocycles. The summed E-state index contributed by atoms with van der Waals surface area (Å²) in [5.74, 6) is 0.885. The molecule has 78 valence electrons. The molecule has 0 bridgehead atoms. The Hall–Kier alpha value is 0.170. The molecule has 4 heteroatoms. The van der Waals surface area contributed by atoms with Gasteiger partial charge in [0.05, 0.1) is 0 Å². The van der Waals surface area contributed by atoms with Crippen LogP contribution < -0.4 is 11.1 Å². The van der Waals surface area contributed by atoms with Crippen molar-refractivity contribution in [2.45, 2.75) is 18.9 Å². The zero-order valence-electron chi connectivity index (χ0n) is 8.04. The van der Waals surface area contributed by atoms with Gasteiger partial charge in [0.15, 0.2) is 0 Å². The largest absolute Gasteiger partial charge is 0.326 e. The van der Waals surface area contributed by atoms with E-state index in [0.29, 0.717) is 6.04 Å². The van der Waals surface area contributed by atoms with Gasteiger partial charge in [-0.05, 0) is 38.4 Å². The number of halogens is 1. The normalized spacial score (nSPS) is 34.8. The van der Waals surface area contributed by atoms with Crippen molar-refractivity contribution in [1.82, 2.24) is 10.2 Å². The number of nitrogens with zero attached hydrogens (tertiary/aromatic N) is 1. The van der Waals surface area contributed by atoms with E-state index in [4.69, 9.17) is 5.73 Å². The Labute approximate surface area is 86.4 Å². The van der Waals surface area contributed by atoms with Crippen molar-refractivity contribution in [2.75, 3.05) is 32.7 Å². The van der Waals surface area contributed by atoms with Crippen molar-refractivity contribution in [3.8, 4) is 0 Å². The van der Waals surface area contributed by atoms with Gasteiger partial charge in [-0.15, -0.1) is 12.4 Å². The fourth-order valence-corrected chi connectivity index (χ4v) is 2.26. The summed E-state index contributed by atoms with van der Waals surface area (Å²) in [5, 5.41) is 3.40. The lowest BCUT2D eigenvalue weighted by molar-refractivity contribution is 0.284. The van der Waals surface area contributed by atoms with Gasteiger partial charge in [-0.1, -0.05) is 0 Å². The molecular formula is C9H20ClN3. The van der Waals surface area contributed by atoms with Gasteiger partial charge in [0.1, 0.15) is 0 Å². The molecule has 0 aromatic heterocycles. The van der Waals surface area contributed by atoms with Crippen molar-refractivity contribution in [2.24, 2.45) is 11.7 Å². The van der Waals surface area contributed by atoms with Gasteiger partial charge in [-0.3, -0.25) is 0 Å². The standard InChI is InChI=1S/C9H19N3.ClH/c10-9-2-4-12(7-9)6-8-1-3-11-5-8;/h8-9,11H,1-7,10H2;1H/t8?,9-;/m0./s1. The maximum absolute atomic E-state index is 5.84. The van der Waals surface area contributed by atoms with Crippen LogP contribution in [0.1, 0.15) is 12.8 Å². The molecule has 0 aliphatic carbocycles. The van der Waals surface area contributed by atoms with Crippen molar-refractivity contribution in [3.05, 3.63) is 0 Å². The predicted octanol–water partition coefficient (Wildman–Crippen LogP) is 0.0507. The Bertz CT molecular complexity index is 148. The summed E-state index contributed by atoms with van der Waals surface area (Å²) in [6.45, 7) is 6.03. The van der Waals surface area contributed by atoms with Gasteiger partial charge in [0, 0.05) is 19.1 Å². The number of likely N-dealkylation sites (tertiary alicyclic amines) is 1. The Morgan fingerprint density at radius 3 is 2.77 bits per heavy atom. The third-order valence-electron chi connectivity index (χ3n) is 2.99. The van der Waals surface area contributed by atoms with Crippen LogP contribution in [0.2, 0.25) is 0 Å². The molecule has 0 saturated carbocycles. The second-order valence-electron chi connectivity index (χ2n) is 4.17. The number of hydrogen-bond acceptors (Lipinski definition) is 3. The Kier molecular flexibility index (Phi) is 4.46. The molecule has 0 aromatic rings. The van der Waals surface area contributed by atoms with Crippen molar-refractivity contribution in [1.29, 1.82) is 0 Å². The second-order valence-corrected chi connectivity index (χ2v) is 4.17. The third-order valence-corrected chi connectivity index (χ3v) is 2.99. The van der Waals surface area contributed by atoms with Crippen LogP contribution in [0.4, 0.5) is 0 Å². The minimum absolute atomic E-state index is 0. The average molecular weight is 206 g/mol. The second kappa shape index (κ2) is 5.15. The monoisotopic (exact) mass is 205 g/mol. The number of rotatable bonds is 2. The van der Waals surface area contributed by atoms with Gasteiger partial charge in [0.2, 0.25) is 0 Å². The van der Waals surface area contributed by atoms with Gasteiger partial charge in [-0.2, -0.15) is 0 Å². The van der Waals surface area contributed by atoms with E-state index in [1.165, 1.54) is 39.0 Å². The lowest BCUT2D eigenvalue weighted by Gasteiger charge is -2.18. The van der Waals surface area contributed by atoms with Crippen molar-refractivity contribution in [3.63, 3.8) is 0 Å². The summed E-state index contributed by atoms with van der Waals surface area (Å²) in [6.07, 6.45) is 2.55. The summed E-state index contributed by atoms with van der Waals surface area (Å²) in [6, 6.07) is 0.444. The molecule has 0 radical (unpaired) electrons. The molecule has 13 heavy (non-hydrogen) atoms. The zero-order chi connectivity index (χ0) is 8.39. The van der Waals surface area contributed by atoms with Gasteiger partial charge in [0.25, 0.3) is 0 Å². The number of nitrogens with one attached hydrogen (secondary N) is 1. The Balaban J connectivity index is 0.000000845. The Morgan fingerprint density at radius 1 is 1.38 bits per heavy atom. The van der Waals surface area contributed by atoms with Crippen molar-refractivity contribution >= 4 is 12.4 Å². The quantitative estimate of drug-likeness (QED) is 0.670. The minimum Gasteiger partial charge on any atom is -0.326 e. The van der Waals surface area contributed by atoms with Gasteiger partial charge < -0.3 is 16.0 Å². The molecule has 2 saturated heterocycles.